The Labute approximate surface area is 235 Å². The summed E-state index contributed by atoms with van der Waals surface area (Å²) in [6.45, 7) is 13.7. The molecule has 1 aromatic rings. The number of hydrogen-bond donors (Lipinski definition) is 3. The lowest BCUT2D eigenvalue weighted by molar-refractivity contribution is -0.159. The van der Waals surface area contributed by atoms with Crippen molar-refractivity contribution in [2.24, 2.45) is 0 Å². The van der Waals surface area contributed by atoms with Gasteiger partial charge in [-0.25, -0.2) is 9.36 Å². The van der Waals surface area contributed by atoms with Crippen LogP contribution in [0.2, 0.25) is 0 Å². The fraction of sp³-hybridized carbons (Fsp3) is 0.481. The number of rotatable bonds is 17. The lowest BCUT2D eigenvalue weighted by Gasteiger charge is -2.26. The number of phosphoric ester groups is 1. The maximum Gasteiger partial charge on any atom is 0.475 e. The predicted molar refractivity (Wildman–Crippen MR) is 149 cm³/mol. The SMILES string of the molecule is C=CCOP(=O)(OCC=C)OC[C@H](NC(=O)[C@H](C)NC(=O)[C@H](C)NC(=O)Cc1ccccc1)C(=O)OC(C)(C)C. The second kappa shape index (κ2) is 16.7. The molecule has 1 aromatic carbocycles. The largest absolute Gasteiger partial charge is 0.475 e. The molecular formula is C27H40N3O9P. The van der Waals surface area contributed by atoms with E-state index >= 15 is 0 Å². The summed E-state index contributed by atoms with van der Waals surface area (Å²) >= 11 is 0. The van der Waals surface area contributed by atoms with Crippen LogP contribution in [0.5, 0.6) is 0 Å². The fourth-order valence-corrected chi connectivity index (χ4v) is 4.08. The third kappa shape index (κ3) is 13.7. The summed E-state index contributed by atoms with van der Waals surface area (Å²) < 4.78 is 33.7. The molecule has 222 valence electrons. The van der Waals surface area contributed by atoms with Gasteiger partial charge in [-0.1, -0.05) is 42.5 Å². The molecule has 3 N–H and O–H groups in total. The molecule has 0 bridgehead atoms. The van der Waals surface area contributed by atoms with Crippen LogP contribution in [-0.4, -0.2) is 67.2 Å². The Kier molecular flexibility index (Phi) is 14.5. The van der Waals surface area contributed by atoms with E-state index in [-0.39, 0.29) is 25.5 Å². The summed E-state index contributed by atoms with van der Waals surface area (Å²) in [5.41, 5.74) is -0.125. The number of carbonyl (C=O) groups excluding carboxylic acids is 4. The van der Waals surface area contributed by atoms with Crippen molar-refractivity contribution in [3.8, 4) is 0 Å². The Morgan fingerprint density at radius 1 is 0.875 bits per heavy atom. The Balaban J connectivity index is 2.84. The lowest BCUT2D eigenvalue weighted by Crippen LogP contribution is -2.55. The highest BCUT2D eigenvalue weighted by molar-refractivity contribution is 7.48. The van der Waals surface area contributed by atoms with Gasteiger partial charge in [0.1, 0.15) is 17.7 Å². The number of ether oxygens (including phenoxy) is 1. The van der Waals surface area contributed by atoms with Gasteiger partial charge in [0.2, 0.25) is 17.7 Å². The summed E-state index contributed by atoms with van der Waals surface area (Å²) in [7, 11) is -4.15. The number of phosphoric acid groups is 1. The van der Waals surface area contributed by atoms with Crippen LogP contribution in [0.1, 0.15) is 40.2 Å². The fourth-order valence-electron chi connectivity index (χ4n) is 2.95. The zero-order valence-corrected chi connectivity index (χ0v) is 24.5. The minimum Gasteiger partial charge on any atom is -0.458 e. The van der Waals surface area contributed by atoms with E-state index in [1.165, 1.54) is 26.0 Å². The first-order valence-electron chi connectivity index (χ1n) is 12.6. The molecule has 12 nitrogen and oxygen atoms in total. The Bertz CT molecular complexity index is 1060. The third-order valence-electron chi connectivity index (χ3n) is 4.84. The maximum absolute atomic E-state index is 12.9. The smallest absolute Gasteiger partial charge is 0.458 e. The van der Waals surface area contributed by atoms with Crippen LogP contribution in [0.15, 0.2) is 55.6 Å². The monoisotopic (exact) mass is 581 g/mol. The molecule has 0 saturated carbocycles. The first kappa shape index (κ1) is 34.7. The average molecular weight is 582 g/mol. The minimum atomic E-state index is -4.15. The van der Waals surface area contributed by atoms with E-state index in [9.17, 15) is 23.7 Å². The normalized spacial score (nSPS) is 13.7. The molecule has 3 atom stereocenters. The number of benzene rings is 1. The molecule has 13 heteroatoms. The van der Waals surface area contributed by atoms with Crippen LogP contribution in [-0.2, 0) is 48.5 Å². The van der Waals surface area contributed by atoms with E-state index in [0.717, 1.165) is 5.56 Å². The van der Waals surface area contributed by atoms with Gasteiger partial charge in [-0.3, -0.25) is 28.0 Å². The van der Waals surface area contributed by atoms with Gasteiger partial charge in [-0.15, -0.1) is 13.2 Å². The zero-order valence-electron chi connectivity index (χ0n) is 23.6. The summed E-state index contributed by atoms with van der Waals surface area (Å²) in [6.07, 6.45) is 2.74. The number of amides is 3. The van der Waals surface area contributed by atoms with Crippen molar-refractivity contribution in [3.63, 3.8) is 0 Å². The molecule has 0 aliphatic heterocycles. The highest BCUT2D eigenvalue weighted by atomic mass is 31.2. The standard InChI is InChI=1S/C27H40N3O9P/c1-8-15-36-40(35,37-16-9-2)38-18-22(26(34)39-27(5,6)7)30-25(33)20(4)29-24(32)19(3)28-23(31)17-21-13-11-10-12-14-21/h8-14,19-20,22H,1-2,15-18H2,3-7H3,(H,28,31)(H,29,32)(H,30,33)/t19-,20-,22-/m0/s1. The molecule has 1 rings (SSSR count). The Hall–Kier alpha value is -3.31. The molecular weight excluding hydrogens is 541 g/mol. The van der Waals surface area contributed by atoms with Crippen molar-refractivity contribution >= 4 is 31.5 Å². The zero-order chi connectivity index (χ0) is 30.3. The molecule has 40 heavy (non-hydrogen) atoms. The first-order chi connectivity index (χ1) is 18.7. The molecule has 0 aliphatic rings. The number of nitrogens with one attached hydrogen (secondary N) is 3. The van der Waals surface area contributed by atoms with Gasteiger partial charge >= 0.3 is 13.8 Å². The van der Waals surface area contributed by atoms with Crippen molar-refractivity contribution < 1.29 is 42.1 Å². The van der Waals surface area contributed by atoms with Gasteiger partial charge in [-0.05, 0) is 40.2 Å². The van der Waals surface area contributed by atoms with Crippen LogP contribution in [0.3, 0.4) is 0 Å². The van der Waals surface area contributed by atoms with Crippen molar-refractivity contribution in [2.45, 2.75) is 64.8 Å². The topological polar surface area (TPSA) is 158 Å². The van der Waals surface area contributed by atoms with Crippen LogP contribution < -0.4 is 16.0 Å². The molecule has 0 unspecified atom stereocenters. The maximum atomic E-state index is 12.9. The van der Waals surface area contributed by atoms with Gasteiger partial charge in [0, 0.05) is 0 Å². The molecule has 0 heterocycles. The van der Waals surface area contributed by atoms with E-state index in [1.54, 1.807) is 45.0 Å². The van der Waals surface area contributed by atoms with Crippen molar-refractivity contribution in [1.29, 1.82) is 0 Å². The van der Waals surface area contributed by atoms with Gasteiger partial charge in [0.15, 0.2) is 6.04 Å². The second-order valence-electron chi connectivity index (χ2n) is 9.69. The molecule has 0 aliphatic carbocycles. The molecule has 0 fully saturated rings. The Morgan fingerprint density at radius 2 is 1.40 bits per heavy atom. The predicted octanol–water partition coefficient (Wildman–Crippen LogP) is 2.59. The van der Waals surface area contributed by atoms with E-state index in [1.807, 2.05) is 6.07 Å². The number of esters is 1. The van der Waals surface area contributed by atoms with Crippen LogP contribution >= 0.6 is 7.82 Å². The van der Waals surface area contributed by atoms with E-state index in [0.29, 0.717) is 0 Å². The summed E-state index contributed by atoms with van der Waals surface area (Å²) in [6, 6.07) is 5.52. The van der Waals surface area contributed by atoms with Gasteiger partial charge in [0.25, 0.3) is 0 Å². The van der Waals surface area contributed by atoms with E-state index in [4.69, 9.17) is 18.3 Å². The van der Waals surface area contributed by atoms with Crippen LogP contribution in [0.25, 0.3) is 0 Å². The molecule has 3 amide bonds. The lowest BCUT2D eigenvalue weighted by atomic mass is 10.1. The molecule has 0 aromatic heterocycles. The molecule has 0 radical (unpaired) electrons. The van der Waals surface area contributed by atoms with E-state index in [2.05, 4.69) is 29.1 Å². The van der Waals surface area contributed by atoms with Gasteiger partial charge in [-0.2, -0.15) is 0 Å². The number of carbonyl (C=O) groups is 4. The van der Waals surface area contributed by atoms with Crippen molar-refractivity contribution in [3.05, 3.63) is 61.2 Å². The summed E-state index contributed by atoms with van der Waals surface area (Å²) in [4.78, 5) is 50.6. The van der Waals surface area contributed by atoms with Crippen LogP contribution in [0.4, 0.5) is 0 Å². The highest BCUT2D eigenvalue weighted by Gasteiger charge is 2.34. The Morgan fingerprint density at radius 3 is 1.93 bits per heavy atom. The molecule has 0 saturated heterocycles. The second-order valence-corrected chi connectivity index (χ2v) is 11.4. The quantitative estimate of drug-likeness (QED) is 0.143. The van der Waals surface area contributed by atoms with E-state index < -0.39 is 55.9 Å². The highest BCUT2D eigenvalue weighted by Crippen LogP contribution is 2.49. The summed E-state index contributed by atoms with van der Waals surface area (Å²) in [5, 5.41) is 7.49. The first-order valence-corrected chi connectivity index (χ1v) is 14.1. The minimum absolute atomic E-state index is 0.0863. The molecule has 0 spiro atoms. The summed E-state index contributed by atoms with van der Waals surface area (Å²) in [5.74, 6) is -2.62. The van der Waals surface area contributed by atoms with Gasteiger partial charge < -0.3 is 20.7 Å². The number of hydrogen-bond acceptors (Lipinski definition) is 9. The van der Waals surface area contributed by atoms with Gasteiger partial charge in [0.05, 0.1) is 26.2 Å². The van der Waals surface area contributed by atoms with Crippen molar-refractivity contribution in [2.75, 3.05) is 19.8 Å². The average Bonchev–Trinajstić information content (AvgIpc) is 2.87. The van der Waals surface area contributed by atoms with Crippen molar-refractivity contribution in [1.82, 2.24) is 16.0 Å². The third-order valence-corrected chi connectivity index (χ3v) is 6.23. The van der Waals surface area contributed by atoms with Crippen LogP contribution in [0, 0.1) is 0 Å².